The molecule has 0 radical (unpaired) electrons. The number of halogens is 1. The van der Waals surface area contributed by atoms with Crippen LogP contribution in [0.15, 0.2) is 59.8 Å². The van der Waals surface area contributed by atoms with Crippen molar-refractivity contribution < 1.29 is 23.5 Å². The summed E-state index contributed by atoms with van der Waals surface area (Å²) in [6, 6.07) is 13.1. The second kappa shape index (κ2) is 10.2. The molecule has 34 heavy (non-hydrogen) atoms. The first-order valence-corrected chi connectivity index (χ1v) is 11.7. The maximum Gasteiger partial charge on any atom is 0.336 e. The first-order chi connectivity index (χ1) is 16.4. The number of hydrogen-bond acceptors (Lipinski definition) is 4. The van der Waals surface area contributed by atoms with E-state index < -0.39 is 11.9 Å². The van der Waals surface area contributed by atoms with Crippen molar-refractivity contribution in [3.63, 3.8) is 0 Å². The van der Waals surface area contributed by atoms with Crippen molar-refractivity contribution in [3.8, 4) is 0 Å². The molecule has 4 rings (SSSR count). The van der Waals surface area contributed by atoms with Crippen molar-refractivity contribution in [2.24, 2.45) is 0 Å². The summed E-state index contributed by atoms with van der Waals surface area (Å²) in [4.78, 5) is 42.1. The molecule has 2 aliphatic rings. The van der Waals surface area contributed by atoms with Crippen molar-refractivity contribution in [3.05, 3.63) is 82.3 Å². The number of carbonyl (C=O) groups is 3. The zero-order chi connectivity index (χ0) is 24.2. The minimum atomic E-state index is -0.496. The third kappa shape index (κ3) is 4.88. The van der Waals surface area contributed by atoms with Gasteiger partial charge in [-0.2, -0.15) is 0 Å². The van der Waals surface area contributed by atoms with Crippen LogP contribution in [0.1, 0.15) is 60.5 Å². The van der Waals surface area contributed by atoms with Crippen molar-refractivity contribution in [1.82, 2.24) is 9.80 Å². The largest absolute Gasteiger partial charge is 0.463 e. The van der Waals surface area contributed by atoms with Crippen molar-refractivity contribution in [2.45, 2.75) is 45.6 Å². The first kappa shape index (κ1) is 23.7. The fourth-order valence-electron chi connectivity index (χ4n) is 4.69. The molecule has 2 heterocycles. The van der Waals surface area contributed by atoms with Crippen LogP contribution in [0.4, 0.5) is 4.39 Å². The maximum atomic E-state index is 13.5. The lowest BCUT2D eigenvalue weighted by Crippen LogP contribution is -2.38. The molecule has 2 aliphatic heterocycles. The monoisotopic (exact) mass is 464 g/mol. The third-order valence-corrected chi connectivity index (χ3v) is 6.53. The van der Waals surface area contributed by atoms with Gasteiger partial charge in [0, 0.05) is 36.7 Å². The Morgan fingerprint density at radius 3 is 2.29 bits per heavy atom. The number of likely N-dealkylation sites (tertiary alicyclic amines) is 1. The van der Waals surface area contributed by atoms with Crippen molar-refractivity contribution in [2.75, 3.05) is 19.7 Å². The summed E-state index contributed by atoms with van der Waals surface area (Å²) in [7, 11) is 0. The molecule has 2 aromatic rings. The highest BCUT2D eigenvalue weighted by atomic mass is 19.1. The van der Waals surface area contributed by atoms with Crippen LogP contribution in [-0.2, 0) is 20.9 Å². The Morgan fingerprint density at radius 2 is 1.68 bits per heavy atom. The van der Waals surface area contributed by atoms with Gasteiger partial charge in [0.15, 0.2) is 0 Å². The van der Waals surface area contributed by atoms with Gasteiger partial charge in [-0.05, 0) is 62.1 Å². The van der Waals surface area contributed by atoms with Crippen LogP contribution in [0.3, 0.4) is 0 Å². The Balaban J connectivity index is 1.59. The summed E-state index contributed by atoms with van der Waals surface area (Å²) < 4.78 is 18.8. The standard InChI is InChI=1S/C27H29FN2O4/c1-3-34-27(33)25-18(2)30(24(31)16-23(25)20-10-12-22(28)13-11-20)17-19-6-8-21(9-7-19)26(32)29-14-4-5-15-29/h6-13,23H,3-5,14-17H2,1-2H3. The molecule has 1 unspecified atom stereocenters. The lowest BCUT2D eigenvalue weighted by Gasteiger charge is -2.34. The fraction of sp³-hybridized carbons (Fsp3) is 0.370. The Morgan fingerprint density at radius 1 is 1.03 bits per heavy atom. The van der Waals surface area contributed by atoms with Gasteiger partial charge < -0.3 is 14.5 Å². The van der Waals surface area contributed by atoms with Gasteiger partial charge in [0.25, 0.3) is 5.91 Å². The Labute approximate surface area is 199 Å². The maximum absolute atomic E-state index is 13.5. The van der Waals surface area contributed by atoms with Crippen LogP contribution in [-0.4, -0.2) is 47.3 Å². The van der Waals surface area contributed by atoms with E-state index in [1.165, 1.54) is 12.1 Å². The summed E-state index contributed by atoms with van der Waals surface area (Å²) in [5, 5.41) is 0. The molecular weight excluding hydrogens is 435 g/mol. The van der Waals surface area contributed by atoms with E-state index in [-0.39, 0.29) is 37.2 Å². The van der Waals surface area contributed by atoms with Gasteiger partial charge in [-0.1, -0.05) is 24.3 Å². The molecule has 1 fully saturated rings. The van der Waals surface area contributed by atoms with E-state index >= 15 is 0 Å². The van der Waals surface area contributed by atoms with Gasteiger partial charge >= 0.3 is 5.97 Å². The molecule has 6 nitrogen and oxygen atoms in total. The van der Waals surface area contributed by atoms with Gasteiger partial charge in [0.05, 0.1) is 18.7 Å². The third-order valence-electron chi connectivity index (χ3n) is 6.53. The molecule has 0 N–H and O–H groups in total. The number of nitrogens with zero attached hydrogens (tertiary/aromatic N) is 2. The highest BCUT2D eigenvalue weighted by Gasteiger charge is 2.37. The van der Waals surface area contributed by atoms with E-state index in [4.69, 9.17) is 4.74 Å². The van der Waals surface area contributed by atoms with E-state index in [0.717, 1.165) is 31.5 Å². The Bertz CT molecular complexity index is 1100. The average molecular weight is 465 g/mol. The van der Waals surface area contributed by atoms with Gasteiger partial charge in [-0.3, -0.25) is 9.59 Å². The van der Waals surface area contributed by atoms with Crippen molar-refractivity contribution in [1.29, 1.82) is 0 Å². The normalized spacial score (nSPS) is 18.4. The predicted molar refractivity (Wildman–Crippen MR) is 125 cm³/mol. The lowest BCUT2D eigenvalue weighted by molar-refractivity contribution is -0.140. The molecule has 2 amide bonds. The average Bonchev–Trinajstić information content (AvgIpc) is 3.37. The number of esters is 1. The van der Waals surface area contributed by atoms with E-state index in [1.807, 2.05) is 17.0 Å². The minimum absolute atomic E-state index is 0.0286. The Hall–Kier alpha value is -3.48. The smallest absolute Gasteiger partial charge is 0.336 e. The number of rotatable bonds is 6. The number of amides is 2. The topological polar surface area (TPSA) is 66.9 Å². The molecule has 2 aromatic carbocycles. The highest BCUT2D eigenvalue weighted by Crippen LogP contribution is 2.37. The van der Waals surface area contributed by atoms with Crippen LogP contribution in [0, 0.1) is 5.82 Å². The fourth-order valence-corrected chi connectivity index (χ4v) is 4.69. The summed E-state index contributed by atoms with van der Waals surface area (Å²) in [5.41, 5.74) is 3.12. The van der Waals surface area contributed by atoms with Crippen LogP contribution in [0.2, 0.25) is 0 Å². The molecule has 1 atom stereocenters. The molecular formula is C27H29FN2O4. The quantitative estimate of drug-likeness (QED) is 0.594. The number of carbonyl (C=O) groups excluding carboxylic acids is 3. The molecule has 1 saturated heterocycles. The van der Waals surface area contributed by atoms with Crippen LogP contribution in [0.25, 0.3) is 0 Å². The molecule has 0 saturated carbocycles. The van der Waals surface area contributed by atoms with Crippen LogP contribution in [0.5, 0.6) is 0 Å². The molecule has 0 spiro atoms. The second-order valence-corrected chi connectivity index (χ2v) is 8.70. The molecule has 7 heteroatoms. The van der Waals surface area contributed by atoms with Crippen LogP contribution < -0.4 is 0 Å². The predicted octanol–water partition coefficient (Wildman–Crippen LogP) is 4.41. The van der Waals surface area contributed by atoms with Gasteiger partial charge in [0.2, 0.25) is 5.91 Å². The molecule has 0 bridgehead atoms. The molecule has 0 aliphatic carbocycles. The van der Waals surface area contributed by atoms with Gasteiger partial charge in [0.1, 0.15) is 5.82 Å². The van der Waals surface area contributed by atoms with E-state index in [1.54, 1.807) is 43.0 Å². The molecule has 0 aromatic heterocycles. The SMILES string of the molecule is CCOC(=O)C1=C(C)N(Cc2ccc(C(=O)N3CCCC3)cc2)C(=O)CC1c1ccc(F)cc1. The zero-order valence-corrected chi connectivity index (χ0v) is 19.6. The first-order valence-electron chi connectivity index (χ1n) is 11.7. The number of allylic oxidation sites excluding steroid dienone is 1. The number of ether oxygens (including phenoxy) is 1. The zero-order valence-electron chi connectivity index (χ0n) is 19.6. The van der Waals surface area contributed by atoms with Gasteiger partial charge in [-0.15, -0.1) is 0 Å². The lowest BCUT2D eigenvalue weighted by atomic mass is 9.83. The van der Waals surface area contributed by atoms with E-state index in [0.29, 0.717) is 22.4 Å². The minimum Gasteiger partial charge on any atom is -0.463 e. The van der Waals surface area contributed by atoms with Crippen LogP contribution >= 0.6 is 0 Å². The van der Waals surface area contributed by atoms with E-state index in [9.17, 15) is 18.8 Å². The van der Waals surface area contributed by atoms with Gasteiger partial charge in [-0.25, -0.2) is 9.18 Å². The number of hydrogen-bond donors (Lipinski definition) is 0. The highest BCUT2D eigenvalue weighted by molar-refractivity contribution is 5.96. The summed E-state index contributed by atoms with van der Waals surface area (Å²) >= 11 is 0. The second-order valence-electron chi connectivity index (χ2n) is 8.70. The summed E-state index contributed by atoms with van der Waals surface area (Å²) in [6.45, 7) is 5.55. The Kier molecular flexibility index (Phi) is 7.10. The van der Waals surface area contributed by atoms with E-state index in [2.05, 4.69) is 0 Å². The number of benzene rings is 2. The van der Waals surface area contributed by atoms with Crippen molar-refractivity contribution >= 4 is 17.8 Å². The molecule has 178 valence electrons. The summed E-state index contributed by atoms with van der Waals surface area (Å²) in [6.07, 6.45) is 2.16. The summed E-state index contributed by atoms with van der Waals surface area (Å²) in [5.74, 6) is -1.45.